The summed E-state index contributed by atoms with van der Waals surface area (Å²) < 4.78 is 19.3. The standard InChI is InChI=1S/C46H49N5O6/c1-32-41(29-50-26-24-46(25-27-50)44(53)48-31-51(46)38-8-4-2-5-9-38)56-43(57-42(32)35-16-14-34(30-52)15-17-35)36-18-12-33(13-19-36)28-47-45(54)49-37-20-22-40(23-21-37)55-39-10-6-3-7-11-39/h2-23,32,41-43,52H,24-31H2,1H3,(H,48,53)(H2,47,49,54)/t32-,41+,42+,43+/m1/s1. The average molecular weight is 768 g/mol. The quantitative estimate of drug-likeness (QED) is 0.109. The van der Waals surface area contributed by atoms with Gasteiger partial charge >= 0.3 is 6.03 Å². The minimum Gasteiger partial charge on any atom is -0.457 e. The number of ether oxygens (including phenoxy) is 3. The van der Waals surface area contributed by atoms with Crippen molar-refractivity contribution >= 4 is 23.3 Å². The summed E-state index contributed by atoms with van der Waals surface area (Å²) in [6, 6.07) is 42.5. The van der Waals surface area contributed by atoms with Gasteiger partial charge in [-0.2, -0.15) is 0 Å². The Kier molecular flexibility index (Phi) is 11.5. The van der Waals surface area contributed by atoms with Crippen LogP contribution in [-0.4, -0.2) is 59.9 Å². The largest absolute Gasteiger partial charge is 0.457 e. The van der Waals surface area contributed by atoms with Crippen molar-refractivity contribution in [3.8, 4) is 11.5 Å². The van der Waals surface area contributed by atoms with Gasteiger partial charge in [-0.25, -0.2) is 4.79 Å². The maximum absolute atomic E-state index is 13.3. The highest BCUT2D eigenvalue weighted by molar-refractivity contribution is 5.93. The lowest BCUT2D eigenvalue weighted by Crippen LogP contribution is -2.57. The molecule has 0 radical (unpaired) electrons. The van der Waals surface area contributed by atoms with Crippen LogP contribution in [0.1, 0.15) is 54.4 Å². The van der Waals surface area contributed by atoms with Gasteiger partial charge in [0.15, 0.2) is 6.29 Å². The van der Waals surface area contributed by atoms with Crippen LogP contribution in [0.15, 0.2) is 133 Å². The Morgan fingerprint density at radius 2 is 1.44 bits per heavy atom. The summed E-state index contributed by atoms with van der Waals surface area (Å²) >= 11 is 0. The molecular formula is C46H49N5O6. The topological polar surface area (TPSA) is 125 Å². The summed E-state index contributed by atoms with van der Waals surface area (Å²) in [7, 11) is 0. The molecule has 3 heterocycles. The van der Waals surface area contributed by atoms with Crippen molar-refractivity contribution in [3.63, 3.8) is 0 Å². The molecule has 0 unspecified atom stereocenters. The molecule has 11 nitrogen and oxygen atoms in total. The van der Waals surface area contributed by atoms with Gasteiger partial charge in [-0.1, -0.05) is 91.9 Å². The number of hydrogen-bond donors (Lipinski definition) is 4. The van der Waals surface area contributed by atoms with Gasteiger partial charge in [0.1, 0.15) is 17.0 Å². The van der Waals surface area contributed by atoms with Gasteiger partial charge in [-0.15, -0.1) is 0 Å². The molecule has 4 atom stereocenters. The maximum atomic E-state index is 13.3. The van der Waals surface area contributed by atoms with Crippen molar-refractivity contribution in [3.05, 3.63) is 156 Å². The summed E-state index contributed by atoms with van der Waals surface area (Å²) in [6.45, 7) is 5.25. The van der Waals surface area contributed by atoms with Gasteiger partial charge in [0, 0.05) is 49.0 Å². The number of nitrogens with zero attached hydrogens (tertiary/aromatic N) is 2. The monoisotopic (exact) mass is 767 g/mol. The first-order chi connectivity index (χ1) is 27.9. The van der Waals surface area contributed by atoms with Crippen molar-refractivity contribution < 1.29 is 28.9 Å². The Labute approximate surface area is 333 Å². The van der Waals surface area contributed by atoms with Crippen molar-refractivity contribution in [2.24, 2.45) is 5.92 Å². The van der Waals surface area contributed by atoms with E-state index in [1.54, 1.807) is 12.1 Å². The fourth-order valence-electron chi connectivity index (χ4n) is 8.10. The number of para-hydroxylation sites is 2. The third-order valence-electron chi connectivity index (χ3n) is 11.4. The van der Waals surface area contributed by atoms with Crippen LogP contribution >= 0.6 is 0 Å². The number of nitrogens with one attached hydrogen (secondary N) is 3. The first-order valence-corrected chi connectivity index (χ1v) is 19.7. The molecule has 0 aliphatic carbocycles. The maximum Gasteiger partial charge on any atom is 0.319 e. The number of carbonyl (C=O) groups is 2. The predicted octanol–water partition coefficient (Wildman–Crippen LogP) is 7.51. The lowest BCUT2D eigenvalue weighted by molar-refractivity contribution is -0.276. The summed E-state index contributed by atoms with van der Waals surface area (Å²) in [4.78, 5) is 30.7. The van der Waals surface area contributed by atoms with E-state index in [4.69, 9.17) is 14.2 Å². The lowest BCUT2D eigenvalue weighted by Gasteiger charge is -2.46. The number of amides is 3. The lowest BCUT2D eigenvalue weighted by atomic mass is 9.84. The second-order valence-electron chi connectivity index (χ2n) is 15.1. The van der Waals surface area contributed by atoms with E-state index >= 15 is 0 Å². The van der Waals surface area contributed by atoms with E-state index in [1.807, 2.05) is 109 Å². The molecular weight excluding hydrogens is 719 g/mol. The van der Waals surface area contributed by atoms with Gasteiger partial charge in [-0.3, -0.25) is 4.79 Å². The van der Waals surface area contributed by atoms with Gasteiger partial charge in [0.2, 0.25) is 5.91 Å². The van der Waals surface area contributed by atoms with Crippen LogP contribution in [0.2, 0.25) is 0 Å². The first kappa shape index (κ1) is 38.2. The molecule has 5 aromatic rings. The number of aliphatic hydroxyl groups excluding tert-OH is 1. The van der Waals surface area contributed by atoms with Crippen LogP contribution in [0.4, 0.5) is 16.2 Å². The van der Waals surface area contributed by atoms with E-state index < -0.39 is 11.8 Å². The van der Waals surface area contributed by atoms with Gasteiger partial charge in [0.05, 0.1) is 25.5 Å². The molecule has 3 fully saturated rings. The number of piperidine rings is 1. The second kappa shape index (κ2) is 17.2. The molecule has 1 spiro atoms. The molecule has 3 aliphatic rings. The fraction of sp³-hybridized carbons (Fsp3) is 0.304. The van der Waals surface area contributed by atoms with E-state index in [-0.39, 0.29) is 36.7 Å². The van der Waals surface area contributed by atoms with Crippen LogP contribution in [0.25, 0.3) is 0 Å². The Hall–Kier alpha value is -5.72. The fourth-order valence-corrected chi connectivity index (χ4v) is 8.10. The SMILES string of the molecule is C[C@@H]1[C@H](CN2CCC3(CC2)C(=O)NCN3c2ccccc2)O[C@H](c2ccc(CNC(=O)Nc3ccc(Oc4ccccc4)cc3)cc2)O[C@@H]1c1ccc(CO)cc1. The van der Waals surface area contributed by atoms with Crippen LogP contribution < -0.4 is 25.6 Å². The van der Waals surface area contributed by atoms with Crippen LogP contribution in [-0.2, 0) is 27.4 Å². The Balaban J connectivity index is 0.902. The molecule has 3 saturated heterocycles. The summed E-state index contributed by atoms with van der Waals surface area (Å²) in [6.07, 6.45) is 0.454. The van der Waals surface area contributed by atoms with Gasteiger partial charge in [0.25, 0.3) is 0 Å². The smallest absolute Gasteiger partial charge is 0.319 e. The van der Waals surface area contributed by atoms with E-state index in [1.165, 1.54) is 0 Å². The minimum atomic E-state index is -0.613. The zero-order valence-corrected chi connectivity index (χ0v) is 32.1. The second-order valence-corrected chi connectivity index (χ2v) is 15.1. The molecule has 57 heavy (non-hydrogen) atoms. The zero-order valence-electron chi connectivity index (χ0n) is 32.1. The number of rotatable bonds is 11. The Morgan fingerprint density at radius 1 is 0.807 bits per heavy atom. The van der Waals surface area contributed by atoms with Crippen molar-refractivity contribution in [1.29, 1.82) is 0 Å². The highest BCUT2D eigenvalue weighted by atomic mass is 16.7. The molecule has 4 N–H and O–H groups in total. The molecule has 0 saturated carbocycles. The average Bonchev–Trinajstić information content (AvgIpc) is 3.57. The highest BCUT2D eigenvalue weighted by Crippen LogP contribution is 2.43. The number of hydrogen-bond acceptors (Lipinski definition) is 8. The molecule has 3 amide bonds. The Bertz CT molecular complexity index is 2090. The van der Waals surface area contributed by atoms with Crippen LogP contribution in [0.5, 0.6) is 11.5 Å². The summed E-state index contributed by atoms with van der Waals surface area (Å²) in [5.74, 6) is 1.56. The number of benzene rings is 5. The number of urea groups is 1. The normalized spacial score (nSPS) is 21.9. The first-order valence-electron chi connectivity index (χ1n) is 19.7. The van der Waals surface area contributed by atoms with Gasteiger partial charge in [-0.05, 0) is 78.1 Å². The van der Waals surface area contributed by atoms with E-state index in [0.29, 0.717) is 31.2 Å². The van der Waals surface area contributed by atoms with Crippen LogP contribution in [0, 0.1) is 5.92 Å². The highest BCUT2D eigenvalue weighted by Gasteiger charge is 2.51. The van der Waals surface area contributed by atoms with E-state index in [9.17, 15) is 14.7 Å². The Morgan fingerprint density at radius 3 is 2.12 bits per heavy atom. The molecule has 0 aromatic heterocycles. The number of likely N-dealkylation sites (tertiary alicyclic amines) is 1. The molecule has 0 bridgehead atoms. The third-order valence-corrected chi connectivity index (χ3v) is 11.4. The van der Waals surface area contributed by atoms with Crippen LogP contribution in [0.3, 0.4) is 0 Å². The van der Waals surface area contributed by atoms with E-state index in [0.717, 1.165) is 59.6 Å². The van der Waals surface area contributed by atoms with Crippen molar-refractivity contribution in [2.75, 3.05) is 36.5 Å². The minimum absolute atomic E-state index is 0.0214. The van der Waals surface area contributed by atoms with Crippen molar-refractivity contribution in [1.82, 2.24) is 15.5 Å². The molecule has 8 rings (SSSR count). The van der Waals surface area contributed by atoms with Gasteiger partial charge < -0.3 is 45.1 Å². The summed E-state index contributed by atoms with van der Waals surface area (Å²) in [5, 5.41) is 18.6. The molecule has 3 aliphatic heterocycles. The number of anilines is 2. The predicted molar refractivity (Wildman–Crippen MR) is 219 cm³/mol. The molecule has 11 heteroatoms. The molecule has 294 valence electrons. The summed E-state index contributed by atoms with van der Waals surface area (Å²) in [5.41, 5.74) is 4.85. The van der Waals surface area contributed by atoms with E-state index in [2.05, 4.69) is 44.8 Å². The number of carbonyl (C=O) groups excluding carboxylic acids is 2. The number of aliphatic hydroxyl groups is 1. The molecule has 5 aromatic carbocycles. The third kappa shape index (κ3) is 8.67. The van der Waals surface area contributed by atoms with Crippen molar-refractivity contribution in [2.45, 2.75) is 57.0 Å². The zero-order chi connectivity index (χ0) is 39.2.